The maximum atomic E-state index is 11.9. The van der Waals surface area contributed by atoms with E-state index in [0.29, 0.717) is 41.5 Å². The number of aliphatic carboxylic acids is 1. The van der Waals surface area contributed by atoms with Crippen molar-refractivity contribution in [3.05, 3.63) is 53.6 Å². The first kappa shape index (κ1) is 21.9. The van der Waals surface area contributed by atoms with Crippen LogP contribution in [0.1, 0.15) is 43.9 Å². The molecule has 2 rings (SSSR count). The van der Waals surface area contributed by atoms with Crippen LogP contribution in [0.15, 0.2) is 47.6 Å². The molecular formula is C21H27N3O5. The number of hydrogen-bond acceptors (Lipinski definition) is 6. The van der Waals surface area contributed by atoms with E-state index in [-0.39, 0.29) is 5.84 Å². The number of oxime groups is 1. The molecule has 0 aliphatic rings. The summed E-state index contributed by atoms with van der Waals surface area (Å²) in [5.41, 5.74) is 7.19. The van der Waals surface area contributed by atoms with Crippen molar-refractivity contribution in [3.8, 4) is 11.5 Å². The van der Waals surface area contributed by atoms with Crippen molar-refractivity contribution in [2.24, 2.45) is 10.9 Å². The number of benzene rings is 2. The van der Waals surface area contributed by atoms with Crippen molar-refractivity contribution < 1.29 is 24.6 Å². The van der Waals surface area contributed by atoms with E-state index in [1.54, 1.807) is 42.5 Å². The molecular weight excluding hydrogens is 374 g/mol. The van der Waals surface area contributed by atoms with Crippen molar-refractivity contribution in [3.63, 3.8) is 0 Å². The predicted molar refractivity (Wildman–Crippen MR) is 111 cm³/mol. The van der Waals surface area contributed by atoms with Gasteiger partial charge in [0.25, 0.3) is 0 Å². The molecule has 0 spiro atoms. The second-order valence-electron chi connectivity index (χ2n) is 6.38. The summed E-state index contributed by atoms with van der Waals surface area (Å²) in [6.45, 7) is 5.06. The molecule has 156 valence electrons. The van der Waals surface area contributed by atoms with Crippen molar-refractivity contribution in [1.29, 1.82) is 0 Å². The molecule has 0 bridgehead atoms. The van der Waals surface area contributed by atoms with Gasteiger partial charge in [0.1, 0.15) is 0 Å². The third-order valence-electron chi connectivity index (χ3n) is 4.07. The van der Waals surface area contributed by atoms with Gasteiger partial charge in [0, 0.05) is 11.3 Å². The fourth-order valence-corrected chi connectivity index (χ4v) is 2.61. The summed E-state index contributed by atoms with van der Waals surface area (Å²) in [6.07, 6.45) is 1.68. The number of carboxylic acids is 1. The maximum Gasteiger partial charge on any atom is 0.330 e. The van der Waals surface area contributed by atoms with Gasteiger partial charge in [-0.2, -0.15) is 0 Å². The molecule has 0 aromatic heterocycles. The van der Waals surface area contributed by atoms with E-state index >= 15 is 0 Å². The van der Waals surface area contributed by atoms with Crippen LogP contribution in [-0.4, -0.2) is 35.3 Å². The Labute approximate surface area is 169 Å². The van der Waals surface area contributed by atoms with Crippen LogP contribution in [-0.2, 0) is 4.79 Å². The summed E-state index contributed by atoms with van der Waals surface area (Å²) in [4.78, 5) is 11.9. The molecule has 0 aliphatic heterocycles. The van der Waals surface area contributed by atoms with Gasteiger partial charge in [0.05, 0.1) is 13.2 Å². The molecule has 29 heavy (non-hydrogen) atoms. The van der Waals surface area contributed by atoms with Gasteiger partial charge in [-0.05, 0) is 54.8 Å². The van der Waals surface area contributed by atoms with Crippen molar-refractivity contribution >= 4 is 17.5 Å². The largest absolute Gasteiger partial charge is 0.490 e. The Kier molecular flexibility index (Phi) is 8.14. The van der Waals surface area contributed by atoms with Crippen LogP contribution in [0.2, 0.25) is 0 Å². The third-order valence-corrected chi connectivity index (χ3v) is 4.07. The number of nitrogens with zero attached hydrogens (tertiary/aromatic N) is 1. The quantitative estimate of drug-likeness (QED) is 0.196. The molecule has 2 aromatic carbocycles. The molecule has 0 heterocycles. The van der Waals surface area contributed by atoms with Crippen molar-refractivity contribution in [2.45, 2.75) is 32.7 Å². The minimum absolute atomic E-state index is 0.0216. The number of hydrogen-bond donors (Lipinski definition) is 4. The van der Waals surface area contributed by atoms with Crippen LogP contribution in [0.25, 0.3) is 0 Å². The summed E-state index contributed by atoms with van der Waals surface area (Å²) >= 11 is 0. The Bertz CT molecular complexity index is 837. The van der Waals surface area contributed by atoms with Gasteiger partial charge < -0.3 is 30.8 Å². The lowest BCUT2D eigenvalue weighted by Crippen LogP contribution is -2.21. The Morgan fingerprint density at radius 1 is 1.07 bits per heavy atom. The van der Waals surface area contributed by atoms with E-state index in [1.165, 1.54) is 0 Å². The lowest BCUT2D eigenvalue weighted by atomic mass is 10.1. The smallest absolute Gasteiger partial charge is 0.330 e. The lowest BCUT2D eigenvalue weighted by Gasteiger charge is -2.19. The first-order chi connectivity index (χ1) is 14.0. The van der Waals surface area contributed by atoms with Crippen LogP contribution in [0.3, 0.4) is 0 Å². The third kappa shape index (κ3) is 6.03. The number of amidine groups is 1. The zero-order valence-electron chi connectivity index (χ0n) is 16.6. The zero-order chi connectivity index (χ0) is 21.2. The molecule has 1 unspecified atom stereocenters. The summed E-state index contributed by atoms with van der Waals surface area (Å²) < 4.78 is 11.5. The van der Waals surface area contributed by atoms with Gasteiger partial charge in [-0.3, -0.25) is 0 Å². The molecule has 8 nitrogen and oxygen atoms in total. The zero-order valence-corrected chi connectivity index (χ0v) is 16.6. The average Bonchev–Trinajstić information content (AvgIpc) is 2.74. The minimum atomic E-state index is -1.03. The molecule has 0 saturated heterocycles. The van der Waals surface area contributed by atoms with E-state index in [9.17, 15) is 9.90 Å². The topological polar surface area (TPSA) is 126 Å². The molecule has 5 N–H and O–H groups in total. The number of carbonyl (C=O) groups is 1. The Balaban J connectivity index is 2.28. The Morgan fingerprint density at radius 3 is 2.24 bits per heavy atom. The molecule has 1 atom stereocenters. The number of rotatable bonds is 11. The first-order valence-electron chi connectivity index (χ1n) is 9.47. The van der Waals surface area contributed by atoms with E-state index < -0.39 is 12.0 Å². The highest BCUT2D eigenvalue weighted by Gasteiger charge is 2.22. The highest BCUT2D eigenvalue weighted by Crippen LogP contribution is 2.32. The van der Waals surface area contributed by atoms with Crippen LogP contribution in [0, 0.1) is 0 Å². The minimum Gasteiger partial charge on any atom is -0.490 e. The molecule has 0 radical (unpaired) electrons. The first-order valence-corrected chi connectivity index (χ1v) is 9.47. The predicted octanol–water partition coefficient (Wildman–Crippen LogP) is 3.60. The number of anilines is 1. The van der Waals surface area contributed by atoms with Crippen molar-refractivity contribution in [1.82, 2.24) is 0 Å². The van der Waals surface area contributed by atoms with Crippen molar-refractivity contribution in [2.75, 3.05) is 18.5 Å². The van der Waals surface area contributed by atoms with E-state index in [0.717, 1.165) is 12.8 Å². The number of carboxylic acid groups (broad SMARTS) is 1. The summed E-state index contributed by atoms with van der Waals surface area (Å²) in [7, 11) is 0. The fraction of sp³-hybridized carbons (Fsp3) is 0.333. The number of nitrogens with two attached hydrogens (primary N) is 1. The number of nitrogens with one attached hydrogen (secondary N) is 1. The molecule has 0 aliphatic carbocycles. The normalized spacial score (nSPS) is 12.3. The van der Waals surface area contributed by atoms with Crippen LogP contribution >= 0.6 is 0 Å². The highest BCUT2D eigenvalue weighted by atomic mass is 16.5. The molecule has 0 saturated carbocycles. The van der Waals surface area contributed by atoms with Gasteiger partial charge in [-0.15, -0.1) is 0 Å². The van der Waals surface area contributed by atoms with Gasteiger partial charge in [0.15, 0.2) is 23.4 Å². The van der Waals surface area contributed by atoms with Crippen LogP contribution < -0.4 is 20.5 Å². The average molecular weight is 401 g/mol. The lowest BCUT2D eigenvalue weighted by molar-refractivity contribution is -0.138. The molecule has 8 heteroatoms. The van der Waals surface area contributed by atoms with Crippen LogP contribution in [0.5, 0.6) is 11.5 Å². The maximum absolute atomic E-state index is 11.9. The van der Waals surface area contributed by atoms with Gasteiger partial charge in [-0.25, -0.2) is 4.79 Å². The SMILES string of the molecule is CCCOc1ccc(C(Nc2ccc(/C(N)=N/O)cc2)C(=O)O)cc1OCCC. The standard InChI is InChI=1S/C21H27N3O5/c1-3-11-28-17-10-7-15(13-18(17)29-12-4-2)19(21(25)26)23-16-8-5-14(6-9-16)20(22)24-27/h5-10,13,19,23,27H,3-4,11-12H2,1-2H3,(H2,22,24)(H,25,26). The molecule has 0 amide bonds. The Hall–Kier alpha value is -3.42. The number of ether oxygens (including phenoxy) is 2. The fourth-order valence-electron chi connectivity index (χ4n) is 2.61. The van der Waals surface area contributed by atoms with Gasteiger partial charge in [-0.1, -0.05) is 25.1 Å². The summed E-state index contributed by atoms with van der Waals surface area (Å²) in [5.74, 6) is 0.0605. The van der Waals surface area contributed by atoms with E-state index in [1.807, 2.05) is 13.8 Å². The second kappa shape index (κ2) is 10.8. The highest BCUT2D eigenvalue weighted by molar-refractivity contribution is 5.97. The molecule has 2 aromatic rings. The Morgan fingerprint density at radius 2 is 1.69 bits per heavy atom. The molecule has 0 fully saturated rings. The summed E-state index contributed by atoms with van der Waals surface area (Å²) in [5, 5.41) is 24.4. The monoisotopic (exact) mass is 401 g/mol. The van der Waals surface area contributed by atoms with E-state index in [2.05, 4.69) is 10.5 Å². The van der Waals surface area contributed by atoms with Gasteiger partial charge >= 0.3 is 5.97 Å². The van der Waals surface area contributed by atoms with Gasteiger partial charge in [0.2, 0.25) is 0 Å². The van der Waals surface area contributed by atoms with Crippen LogP contribution in [0.4, 0.5) is 5.69 Å². The second-order valence-corrected chi connectivity index (χ2v) is 6.38. The van der Waals surface area contributed by atoms with E-state index in [4.69, 9.17) is 20.4 Å². The summed E-state index contributed by atoms with van der Waals surface area (Å²) in [6, 6.07) is 10.7.